The Morgan fingerprint density at radius 3 is 2.09 bits per heavy atom. The van der Waals surface area contributed by atoms with Gasteiger partial charge in [-0.05, 0) is 42.5 Å². The Morgan fingerprint density at radius 2 is 1.54 bits per heavy atom. The number of halogens is 2. The maximum atomic E-state index is 12.6. The topological polar surface area (TPSA) is 89.1 Å². The Morgan fingerprint density at radius 1 is 0.857 bits per heavy atom. The third kappa shape index (κ3) is 5.47. The second-order valence-corrected chi connectivity index (χ2v) is 8.54. The van der Waals surface area contributed by atoms with E-state index in [0.717, 1.165) is 11.4 Å². The average molecular weight is 518 g/mol. The van der Waals surface area contributed by atoms with Crippen molar-refractivity contribution in [3.8, 4) is 28.5 Å². The van der Waals surface area contributed by atoms with Crippen molar-refractivity contribution in [3.05, 3.63) is 52.5 Å². The number of nitrogens with one attached hydrogen (secondary N) is 1. The third-order valence-corrected chi connectivity index (χ3v) is 6.41. The predicted octanol–water partition coefficient (Wildman–Crippen LogP) is 4.83. The standard InChI is InChI=1S/C24H25Cl2N5O4/c1-33-20-12-15(13-21(34-2)23(20)35-3)19-6-7-22(29-28-19)30-8-10-31(11-9-30)24(32)27-16-4-5-17(25)18(26)14-16/h4-7,12-14H,8-11H2,1-3H3,(H,27,32). The molecule has 0 radical (unpaired) electrons. The lowest BCUT2D eigenvalue weighted by atomic mass is 10.1. The molecule has 1 fully saturated rings. The van der Waals surface area contributed by atoms with Gasteiger partial charge in [-0.3, -0.25) is 0 Å². The number of piperazine rings is 1. The fraction of sp³-hybridized carbons (Fsp3) is 0.292. The van der Waals surface area contributed by atoms with Crippen LogP contribution in [0.1, 0.15) is 0 Å². The SMILES string of the molecule is COc1cc(-c2ccc(N3CCN(C(=O)Nc4ccc(Cl)c(Cl)c4)CC3)nn2)cc(OC)c1OC. The maximum absolute atomic E-state index is 12.6. The van der Waals surface area contributed by atoms with Gasteiger partial charge in [0, 0.05) is 37.4 Å². The van der Waals surface area contributed by atoms with Crippen LogP contribution >= 0.6 is 23.2 Å². The first-order chi connectivity index (χ1) is 16.9. The molecular weight excluding hydrogens is 493 g/mol. The minimum Gasteiger partial charge on any atom is -0.493 e. The molecule has 1 N–H and O–H groups in total. The zero-order valence-corrected chi connectivity index (χ0v) is 21.1. The first-order valence-electron chi connectivity index (χ1n) is 10.8. The van der Waals surface area contributed by atoms with Gasteiger partial charge in [0.15, 0.2) is 17.3 Å². The molecule has 3 aromatic rings. The molecule has 0 atom stereocenters. The van der Waals surface area contributed by atoms with Crippen LogP contribution < -0.4 is 24.4 Å². The number of carbonyl (C=O) groups excluding carboxylic acids is 1. The van der Waals surface area contributed by atoms with E-state index >= 15 is 0 Å². The zero-order valence-electron chi connectivity index (χ0n) is 19.5. The summed E-state index contributed by atoms with van der Waals surface area (Å²) >= 11 is 12.0. The summed E-state index contributed by atoms with van der Waals surface area (Å²) < 4.78 is 16.2. The van der Waals surface area contributed by atoms with E-state index in [2.05, 4.69) is 20.4 Å². The van der Waals surface area contributed by atoms with Crippen LogP contribution in [-0.4, -0.2) is 68.6 Å². The highest BCUT2D eigenvalue weighted by Crippen LogP contribution is 2.40. The summed E-state index contributed by atoms with van der Waals surface area (Å²) in [5, 5.41) is 12.5. The number of nitrogens with zero attached hydrogens (tertiary/aromatic N) is 4. The van der Waals surface area contributed by atoms with Gasteiger partial charge in [-0.15, -0.1) is 10.2 Å². The Labute approximate surface area is 213 Å². The number of amides is 2. The summed E-state index contributed by atoms with van der Waals surface area (Å²) in [4.78, 5) is 16.5. The number of carbonyl (C=O) groups is 1. The van der Waals surface area contributed by atoms with Crippen LogP contribution in [0.5, 0.6) is 17.2 Å². The molecule has 11 heteroatoms. The fourth-order valence-corrected chi connectivity index (χ4v) is 4.09. The van der Waals surface area contributed by atoms with Crippen LogP contribution in [0.2, 0.25) is 10.0 Å². The van der Waals surface area contributed by atoms with E-state index < -0.39 is 0 Å². The first kappa shape index (κ1) is 24.7. The normalized spacial score (nSPS) is 13.4. The molecular formula is C24H25Cl2N5O4. The highest BCUT2D eigenvalue weighted by Gasteiger charge is 2.23. The number of hydrogen-bond donors (Lipinski definition) is 1. The molecule has 4 rings (SSSR count). The molecule has 1 saturated heterocycles. The summed E-state index contributed by atoms with van der Waals surface area (Å²) in [5.74, 6) is 2.35. The number of rotatable bonds is 6. The quantitative estimate of drug-likeness (QED) is 0.500. The van der Waals surface area contributed by atoms with E-state index in [1.807, 2.05) is 24.3 Å². The first-order valence-corrected chi connectivity index (χ1v) is 11.6. The van der Waals surface area contributed by atoms with Crippen molar-refractivity contribution in [1.29, 1.82) is 0 Å². The number of benzene rings is 2. The van der Waals surface area contributed by atoms with E-state index in [9.17, 15) is 4.79 Å². The van der Waals surface area contributed by atoms with Crippen molar-refractivity contribution >= 4 is 40.7 Å². The molecule has 1 aromatic heterocycles. The fourth-order valence-electron chi connectivity index (χ4n) is 3.79. The van der Waals surface area contributed by atoms with Gasteiger partial charge in [0.05, 0.1) is 37.1 Å². The lowest BCUT2D eigenvalue weighted by molar-refractivity contribution is 0.208. The molecule has 2 aromatic carbocycles. The van der Waals surface area contributed by atoms with Crippen LogP contribution in [0, 0.1) is 0 Å². The van der Waals surface area contributed by atoms with Gasteiger partial charge in [-0.2, -0.15) is 0 Å². The largest absolute Gasteiger partial charge is 0.493 e. The Balaban J connectivity index is 1.39. The summed E-state index contributed by atoms with van der Waals surface area (Å²) in [5.41, 5.74) is 2.06. The Hall–Kier alpha value is -3.43. The van der Waals surface area contributed by atoms with Gasteiger partial charge in [0.1, 0.15) is 0 Å². The Kier molecular flexibility index (Phi) is 7.67. The minimum absolute atomic E-state index is 0.188. The van der Waals surface area contributed by atoms with Gasteiger partial charge < -0.3 is 29.3 Å². The monoisotopic (exact) mass is 517 g/mol. The third-order valence-electron chi connectivity index (χ3n) is 5.67. The van der Waals surface area contributed by atoms with E-state index in [1.54, 1.807) is 44.4 Å². The molecule has 2 amide bonds. The Bertz CT molecular complexity index is 1180. The minimum atomic E-state index is -0.188. The van der Waals surface area contributed by atoms with Gasteiger partial charge >= 0.3 is 6.03 Å². The summed E-state index contributed by atoms with van der Waals surface area (Å²) in [6.45, 7) is 2.35. The number of methoxy groups -OCH3 is 3. The van der Waals surface area contributed by atoms with Crippen molar-refractivity contribution in [3.63, 3.8) is 0 Å². The maximum Gasteiger partial charge on any atom is 0.321 e. The molecule has 0 unspecified atom stereocenters. The van der Waals surface area contributed by atoms with Crippen LogP contribution in [0.15, 0.2) is 42.5 Å². The molecule has 0 saturated carbocycles. The molecule has 1 aliphatic heterocycles. The number of ether oxygens (including phenoxy) is 3. The highest BCUT2D eigenvalue weighted by molar-refractivity contribution is 6.42. The van der Waals surface area contributed by atoms with E-state index in [4.69, 9.17) is 37.4 Å². The summed E-state index contributed by atoms with van der Waals surface area (Å²) in [6, 6.07) is 12.3. The van der Waals surface area contributed by atoms with Crippen molar-refractivity contribution in [1.82, 2.24) is 15.1 Å². The van der Waals surface area contributed by atoms with Crippen molar-refractivity contribution < 1.29 is 19.0 Å². The molecule has 1 aliphatic rings. The van der Waals surface area contributed by atoms with E-state index in [0.29, 0.717) is 64.9 Å². The van der Waals surface area contributed by atoms with Crippen molar-refractivity contribution in [2.75, 3.05) is 57.7 Å². The van der Waals surface area contributed by atoms with E-state index in [-0.39, 0.29) is 6.03 Å². The molecule has 0 spiro atoms. The van der Waals surface area contributed by atoms with Crippen molar-refractivity contribution in [2.24, 2.45) is 0 Å². The van der Waals surface area contributed by atoms with Gasteiger partial charge in [-0.25, -0.2) is 4.79 Å². The number of hydrogen-bond acceptors (Lipinski definition) is 7. The number of anilines is 2. The van der Waals surface area contributed by atoms with Crippen molar-refractivity contribution in [2.45, 2.75) is 0 Å². The molecule has 0 bridgehead atoms. The highest BCUT2D eigenvalue weighted by atomic mass is 35.5. The van der Waals surface area contributed by atoms with Crippen LogP contribution in [0.4, 0.5) is 16.3 Å². The second kappa shape index (κ2) is 10.9. The molecule has 35 heavy (non-hydrogen) atoms. The smallest absolute Gasteiger partial charge is 0.321 e. The lowest BCUT2D eigenvalue weighted by Gasteiger charge is -2.35. The molecule has 2 heterocycles. The number of urea groups is 1. The van der Waals surface area contributed by atoms with E-state index in [1.165, 1.54) is 0 Å². The van der Waals surface area contributed by atoms with Gasteiger partial charge in [0.2, 0.25) is 5.75 Å². The lowest BCUT2D eigenvalue weighted by Crippen LogP contribution is -2.50. The van der Waals surface area contributed by atoms with Crippen LogP contribution in [-0.2, 0) is 0 Å². The zero-order chi connectivity index (χ0) is 24.9. The number of aromatic nitrogens is 2. The van der Waals surface area contributed by atoms with Crippen LogP contribution in [0.25, 0.3) is 11.3 Å². The molecule has 0 aliphatic carbocycles. The summed E-state index contributed by atoms with van der Waals surface area (Å²) in [7, 11) is 4.70. The second-order valence-electron chi connectivity index (χ2n) is 7.72. The van der Waals surface area contributed by atoms with Gasteiger partial charge in [0.25, 0.3) is 0 Å². The average Bonchev–Trinajstić information content (AvgIpc) is 2.90. The van der Waals surface area contributed by atoms with Gasteiger partial charge in [-0.1, -0.05) is 23.2 Å². The molecule has 184 valence electrons. The predicted molar refractivity (Wildman–Crippen MR) is 136 cm³/mol. The summed E-state index contributed by atoms with van der Waals surface area (Å²) in [6.07, 6.45) is 0. The molecule has 9 nitrogen and oxygen atoms in total. The van der Waals surface area contributed by atoms with Crippen LogP contribution in [0.3, 0.4) is 0 Å².